The maximum Gasteiger partial charge on any atom is 0.266 e. The maximum atomic E-state index is 11.2. The Morgan fingerprint density at radius 2 is 2.47 bits per heavy atom. The van der Waals surface area contributed by atoms with Crippen LogP contribution in [-0.2, 0) is 0 Å². The Hall–Kier alpha value is -0.240. The molecule has 0 bridgehead atoms. The van der Waals surface area contributed by atoms with Gasteiger partial charge in [-0.3, -0.25) is 4.79 Å². The third-order valence-corrected chi connectivity index (χ3v) is 4.08. The second-order valence-corrected chi connectivity index (χ2v) is 5.51. The molecule has 1 aromatic rings. The zero-order valence-electron chi connectivity index (χ0n) is 8.71. The Morgan fingerprint density at radius 3 is 3.13 bits per heavy atom. The number of nitrogens with zero attached hydrogens (tertiary/aromatic N) is 1. The van der Waals surface area contributed by atoms with Crippen LogP contribution in [0.2, 0.25) is 0 Å². The molecule has 0 spiro atoms. The van der Waals surface area contributed by atoms with E-state index in [0.717, 1.165) is 13.0 Å². The highest BCUT2D eigenvalue weighted by molar-refractivity contribution is 14.1. The second-order valence-electron chi connectivity index (χ2n) is 3.16. The van der Waals surface area contributed by atoms with Gasteiger partial charge in [0, 0.05) is 11.8 Å². The van der Waals surface area contributed by atoms with E-state index in [1.165, 1.54) is 6.33 Å². The highest BCUT2D eigenvalue weighted by Crippen LogP contribution is 2.12. The van der Waals surface area contributed by atoms with Gasteiger partial charge in [-0.2, -0.15) is 11.8 Å². The van der Waals surface area contributed by atoms with E-state index in [0.29, 0.717) is 14.6 Å². The number of aromatic amines is 1. The van der Waals surface area contributed by atoms with Crippen LogP contribution in [0.3, 0.4) is 0 Å². The second kappa shape index (κ2) is 6.37. The molecule has 84 valence electrons. The molecule has 1 aromatic heterocycles. The van der Waals surface area contributed by atoms with Gasteiger partial charge in [0.05, 0.1) is 6.33 Å². The largest absolute Gasteiger partial charge is 0.369 e. The van der Waals surface area contributed by atoms with Crippen molar-refractivity contribution >= 4 is 40.2 Å². The Balaban J connectivity index is 2.51. The number of H-pyrrole nitrogens is 1. The summed E-state index contributed by atoms with van der Waals surface area (Å²) in [5.74, 6) is 0.674. The van der Waals surface area contributed by atoms with Crippen LogP contribution in [-0.4, -0.2) is 28.0 Å². The van der Waals surface area contributed by atoms with Crippen LogP contribution in [0, 0.1) is 3.57 Å². The summed E-state index contributed by atoms with van der Waals surface area (Å²) in [6.45, 7) is 3.02. The number of thioether (sulfide) groups is 1. The minimum atomic E-state index is -0.0917. The predicted octanol–water partition coefficient (Wildman–Crippen LogP) is 1.93. The van der Waals surface area contributed by atoms with Crippen LogP contribution in [0.4, 0.5) is 5.82 Å². The lowest BCUT2D eigenvalue weighted by Gasteiger charge is -2.09. The normalized spacial score (nSPS) is 12.5. The van der Waals surface area contributed by atoms with Gasteiger partial charge in [0.15, 0.2) is 0 Å². The van der Waals surface area contributed by atoms with E-state index < -0.39 is 0 Å². The highest BCUT2D eigenvalue weighted by Gasteiger charge is 2.05. The SMILES string of the molecule is CSC(C)CCNc1nc[nH]c(=O)c1I. The van der Waals surface area contributed by atoms with Gasteiger partial charge in [-0.25, -0.2) is 4.98 Å². The van der Waals surface area contributed by atoms with Crippen molar-refractivity contribution < 1.29 is 0 Å². The molecule has 1 heterocycles. The smallest absolute Gasteiger partial charge is 0.266 e. The highest BCUT2D eigenvalue weighted by atomic mass is 127. The van der Waals surface area contributed by atoms with Gasteiger partial charge in [0.25, 0.3) is 5.56 Å². The van der Waals surface area contributed by atoms with Crippen molar-refractivity contribution in [3.05, 3.63) is 20.3 Å². The predicted molar refractivity (Wildman–Crippen MR) is 73.7 cm³/mol. The van der Waals surface area contributed by atoms with Crippen molar-refractivity contribution in [2.75, 3.05) is 18.1 Å². The molecule has 0 aromatic carbocycles. The van der Waals surface area contributed by atoms with Crippen molar-refractivity contribution in [2.45, 2.75) is 18.6 Å². The van der Waals surface area contributed by atoms with Crippen molar-refractivity contribution in [1.29, 1.82) is 0 Å². The van der Waals surface area contributed by atoms with Gasteiger partial charge in [-0.05, 0) is 35.3 Å². The van der Waals surface area contributed by atoms with Gasteiger partial charge in [0.1, 0.15) is 9.39 Å². The first kappa shape index (κ1) is 12.8. The molecule has 15 heavy (non-hydrogen) atoms. The van der Waals surface area contributed by atoms with E-state index in [1.54, 1.807) is 0 Å². The monoisotopic (exact) mass is 339 g/mol. The summed E-state index contributed by atoms with van der Waals surface area (Å²) in [5.41, 5.74) is -0.0917. The molecule has 1 rings (SSSR count). The summed E-state index contributed by atoms with van der Waals surface area (Å²) >= 11 is 3.83. The van der Waals surface area contributed by atoms with E-state index in [-0.39, 0.29) is 5.56 Å². The van der Waals surface area contributed by atoms with Gasteiger partial charge in [0.2, 0.25) is 0 Å². The molecule has 0 radical (unpaired) electrons. The molecule has 0 fully saturated rings. The molecule has 4 nitrogen and oxygen atoms in total. The fourth-order valence-corrected chi connectivity index (χ4v) is 1.86. The van der Waals surface area contributed by atoms with Gasteiger partial charge >= 0.3 is 0 Å². The quantitative estimate of drug-likeness (QED) is 0.805. The molecule has 0 saturated carbocycles. The average molecular weight is 339 g/mol. The summed E-state index contributed by atoms with van der Waals surface area (Å²) in [4.78, 5) is 17.9. The number of anilines is 1. The topological polar surface area (TPSA) is 57.8 Å². The van der Waals surface area contributed by atoms with Crippen molar-refractivity contribution in [2.24, 2.45) is 0 Å². The zero-order valence-corrected chi connectivity index (χ0v) is 11.7. The summed E-state index contributed by atoms with van der Waals surface area (Å²) in [6, 6.07) is 0. The standard InChI is InChI=1S/C9H14IN3OS/c1-6(15-2)3-4-11-8-7(10)9(14)13-5-12-8/h5-6H,3-4H2,1-2H3,(H2,11,12,13,14). The Labute approximate surface area is 107 Å². The fourth-order valence-electron chi connectivity index (χ4n) is 1.02. The zero-order chi connectivity index (χ0) is 11.3. The molecule has 0 saturated heterocycles. The molecular weight excluding hydrogens is 325 g/mol. The Morgan fingerprint density at radius 1 is 1.73 bits per heavy atom. The average Bonchev–Trinajstić information content (AvgIpc) is 2.24. The Bertz CT molecular complexity index is 369. The number of halogens is 1. The summed E-state index contributed by atoms with van der Waals surface area (Å²) in [7, 11) is 0. The molecule has 6 heteroatoms. The number of nitrogens with one attached hydrogen (secondary N) is 2. The molecule has 0 amide bonds. The van der Waals surface area contributed by atoms with E-state index in [9.17, 15) is 4.79 Å². The van der Waals surface area contributed by atoms with E-state index >= 15 is 0 Å². The molecule has 1 atom stereocenters. The first-order valence-electron chi connectivity index (χ1n) is 4.65. The lowest BCUT2D eigenvalue weighted by molar-refractivity contribution is 0.847. The molecule has 0 aliphatic rings. The molecular formula is C9H14IN3OS. The van der Waals surface area contributed by atoms with Crippen LogP contribution in [0.5, 0.6) is 0 Å². The first-order valence-corrected chi connectivity index (χ1v) is 7.01. The molecule has 0 aliphatic heterocycles. The van der Waals surface area contributed by atoms with E-state index in [2.05, 4.69) is 28.5 Å². The third kappa shape index (κ3) is 4.02. The van der Waals surface area contributed by atoms with Crippen molar-refractivity contribution in [3.8, 4) is 0 Å². The van der Waals surface area contributed by atoms with E-state index in [4.69, 9.17) is 0 Å². The molecule has 1 unspecified atom stereocenters. The van der Waals surface area contributed by atoms with Crippen LogP contribution < -0.4 is 10.9 Å². The lowest BCUT2D eigenvalue weighted by atomic mass is 10.3. The number of rotatable bonds is 5. The molecule has 2 N–H and O–H groups in total. The lowest BCUT2D eigenvalue weighted by Crippen LogP contribution is -2.16. The number of hydrogen-bond acceptors (Lipinski definition) is 4. The van der Waals surface area contributed by atoms with Gasteiger partial charge in [-0.15, -0.1) is 0 Å². The van der Waals surface area contributed by atoms with Crippen molar-refractivity contribution in [1.82, 2.24) is 9.97 Å². The van der Waals surface area contributed by atoms with Gasteiger partial charge < -0.3 is 10.3 Å². The molecule has 0 aliphatic carbocycles. The van der Waals surface area contributed by atoms with Crippen LogP contribution in [0.1, 0.15) is 13.3 Å². The summed E-state index contributed by atoms with van der Waals surface area (Å²) in [6.07, 6.45) is 4.58. The number of aromatic nitrogens is 2. The minimum absolute atomic E-state index is 0.0917. The Kier molecular flexibility index (Phi) is 5.44. The van der Waals surface area contributed by atoms with Crippen LogP contribution >= 0.6 is 34.4 Å². The number of hydrogen-bond donors (Lipinski definition) is 2. The minimum Gasteiger partial charge on any atom is -0.369 e. The summed E-state index contributed by atoms with van der Waals surface area (Å²) in [5, 5.41) is 3.79. The summed E-state index contributed by atoms with van der Waals surface area (Å²) < 4.78 is 0.618. The van der Waals surface area contributed by atoms with Crippen LogP contribution in [0.15, 0.2) is 11.1 Å². The van der Waals surface area contributed by atoms with Crippen molar-refractivity contribution in [3.63, 3.8) is 0 Å². The first-order chi connectivity index (χ1) is 7.15. The maximum absolute atomic E-state index is 11.2. The fraction of sp³-hybridized carbons (Fsp3) is 0.556. The third-order valence-electron chi connectivity index (χ3n) is 2.04. The van der Waals surface area contributed by atoms with Crippen LogP contribution in [0.25, 0.3) is 0 Å². The van der Waals surface area contributed by atoms with Gasteiger partial charge in [-0.1, -0.05) is 6.92 Å². The van der Waals surface area contributed by atoms with E-state index in [1.807, 2.05) is 34.4 Å².